The summed E-state index contributed by atoms with van der Waals surface area (Å²) in [6, 6.07) is 1.99. The Morgan fingerprint density at radius 1 is 1.56 bits per heavy atom. The zero-order chi connectivity index (χ0) is 11.5. The molecule has 1 unspecified atom stereocenters. The summed E-state index contributed by atoms with van der Waals surface area (Å²) in [6.07, 6.45) is 1.04. The number of aliphatic hydroxyl groups excluding tert-OH is 1. The SMILES string of the molecule is CNc1nc(C)cc(N2CCC(CO)C2)n1. The Labute approximate surface area is 95.5 Å². The van der Waals surface area contributed by atoms with E-state index in [0.717, 1.165) is 31.0 Å². The number of aromatic nitrogens is 2. The van der Waals surface area contributed by atoms with Crippen molar-refractivity contribution in [2.24, 2.45) is 5.92 Å². The molecule has 1 aliphatic heterocycles. The molecule has 0 saturated carbocycles. The molecule has 0 spiro atoms. The van der Waals surface area contributed by atoms with Crippen molar-refractivity contribution in [2.45, 2.75) is 13.3 Å². The van der Waals surface area contributed by atoms with Crippen LogP contribution in [0, 0.1) is 12.8 Å². The maximum absolute atomic E-state index is 9.11. The van der Waals surface area contributed by atoms with E-state index in [4.69, 9.17) is 5.11 Å². The van der Waals surface area contributed by atoms with Crippen LogP contribution in [0.2, 0.25) is 0 Å². The van der Waals surface area contributed by atoms with Gasteiger partial charge in [-0.05, 0) is 13.3 Å². The van der Waals surface area contributed by atoms with Gasteiger partial charge in [0.15, 0.2) is 0 Å². The van der Waals surface area contributed by atoms with Crippen molar-refractivity contribution >= 4 is 11.8 Å². The predicted molar refractivity (Wildman–Crippen MR) is 63.7 cm³/mol. The Balaban J connectivity index is 2.17. The third kappa shape index (κ3) is 2.24. The van der Waals surface area contributed by atoms with E-state index in [1.807, 2.05) is 20.0 Å². The van der Waals surface area contributed by atoms with Crippen LogP contribution in [-0.2, 0) is 0 Å². The molecule has 0 aliphatic carbocycles. The van der Waals surface area contributed by atoms with Crippen LogP contribution in [0.5, 0.6) is 0 Å². The fraction of sp³-hybridized carbons (Fsp3) is 0.636. The largest absolute Gasteiger partial charge is 0.396 e. The molecule has 16 heavy (non-hydrogen) atoms. The van der Waals surface area contributed by atoms with Gasteiger partial charge >= 0.3 is 0 Å². The molecule has 5 nitrogen and oxygen atoms in total. The third-order valence-corrected chi connectivity index (χ3v) is 2.93. The van der Waals surface area contributed by atoms with Gasteiger partial charge in [-0.1, -0.05) is 0 Å². The third-order valence-electron chi connectivity index (χ3n) is 2.93. The normalized spacial score (nSPS) is 20.2. The Bertz CT molecular complexity index is 369. The summed E-state index contributed by atoms with van der Waals surface area (Å²) in [5.41, 5.74) is 0.960. The monoisotopic (exact) mass is 222 g/mol. The summed E-state index contributed by atoms with van der Waals surface area (Å²) in [7, 11) is 1.82. The maximum atomic E-state index is 9.11. The van der Waals surface area contributed by atoms with Gasteiger partial charge < -0.3 is 15.3 Å². The molecule has 1 aromatic rings. The second-order valence-electron chi connectivity index (χ2n) is 4.22. The van der Waals surface area contributed by atoms with Gasteiger partial charge in [0.05, 0.1) is 0 Å². The van der Waals surface area contributed by atoms with E-state index in [1.54, 1.807) is 0 Å². The fourth-order valence-electron chi connectivity index (χ4n) is 2.02. The summed E-state index contributed by atoms with van der Waals surface area (Å²) >= 11 is 0. The van der Waals surface area contributed by atoms with E-state index in [-0.39, 0.29) is 6.61 Å². The van der Waals surface area contributed by atoms with Gasteiger partial charge in [0.1, 0.15) is 5.82 Å². The van der Waals surface area contributed by atoms with E-state index in [0.29, 0.717) is 11.9 Å². The summed E-state index contributed by atoms with van der Waals surface area (Å²) in [6.45, 7) is 4.08. The van der Waals surface area contributed by atoms with E-state index in [1.165, 1.54) is 0 Å². The van der Waals surface area contributed by atoms with Gasteiger partial charge in [0, 0.05) is 44.4 Å². The van der Waals surface area contributed by atoms with Crippen LogP contribution >= 0.6 is 0 Å². The predicted octanol–water partition coefficient (Wildman–Crippen LogP) is 0.645. The lowest BCUT2D eigenvalue weighted by Crippen LogP contribution is -2.22. The number of nitrogens with one attached hydrogen (secondary N) is 1. The molecule has 0 amide bonds. The van der Waals surface area contributed by atoms with E-state index < -0.39 is 0 Å². The molecule has 0 aromatic carbocycles. The second-order valence-corrected chi connectivity index (χ2v) is 4.22. The lowest BCUT2D eigenvalue weighted by molar-refractivity contribution is 0.238. The number of hydrogen-bond acceptors (Lipinski definition) is 5. The molecule has 2 heterocycles. The zero-order valence-corrected chi connectivity index (χ0v) is 9.77. The van der Waals surface area contributed by atoms with Crippen LogP contribution in [0.25, 0.3) is 0 Å². The number of aliphatic hydroxyl groups is 1. The Morgan fingerprint density at radius 2 is 2.38 bits per heavy atom. The highest BCUT2D eigenvalue weighted by Crippen LogP contribution is 2.23. The summed E-state index contributed by atoms with van der Waals surface area (Å²) in [5, 5.41) is 12.1. The van der Waals surface area contributed by atoms with Crippen LogP contribution in [0.4, 0.5) is 11.8 Å². The van der Waals surface area contributed by atoms with Crippen LogP contribution in [0.3, 0.4) is 0 Å². The average Bonchev–Trinajstić information content (AvgIpc) is 2.76. The van der Waals surface area contributed by atoms with Gasteiger partial charge in [-0.2, -0.15) is 4.98 Å². The molecule has 2 N–H and O–H groups in total. The quantitative estimate of drug-likeness (QED) is 0.786. The standard InChI is InChI=1S/C11H18N4O/c1-8-5-10(14-11(12-2)13-8)15-4-3-9(6-15)7-16/h5,9,16H,3-4,6-7H2,1-2H3,(H,12,13,14). The van der Waals surface area contributed by atoms with Crippen molar-refractivity contribution in [2.75, 3.05) is 37.0 Å². The van der Waals surface area contributed by atoms with Crippen LogP contribution in [0.1, 0.15) is 12.1 Å². The van der Waals surface area contributed by atoms with Crippen molar-refractivity contribution in [1.82, 2.24) is 9.97 Å². The molecule has 1 aliphatic rings. The van der Waals surface area contributed by atoms with Crippen molar-refractivity contribution < 1.29 is 5.11 Å². The van der Waals surface area contributed by atoms with Gasteiger partial charge in [-0.15, -0.1) is 0 Å². The van der Waals surface area contributed by atoms with Crippen molar-refractivity contribution in [3.05, 3.63) is 11.8 Å². The second kappa shape index (κ2) is 4.65. The molecule has 0 bridgehead atoms. The number of rotatable bonds is 3. The van der Waals surface area contributed by atoms with Crippen LogP contribution < -0.4 is 10.2 Å². The molecular weight excluding hydrogens is 204 g/mol. The van der Waals surface area contributed by atoms with Gasteiger partial charge in [0.25, 0.3) is 0 Å². The highest BCUT2D eigenvalue weighted by molar-refractivity contribution is 5.45. The average molecular weight is 222 g/mol. The zero-order valence-electron chi connectivity index (χ0n) is 9.77. The van der Waals surface area contributed by atoms with Gasteiger partial charge in [-0.25, -0.2) is 4.98 Å². The molecule has 5 heteroatoms. The van der Waals surface area contributed by atoms with Gasteiger partial charge in [-0.3, -0.25) is 0 Å². The Morgan fingerprint density at radius 3 is 3.00 bits per heavy atom. The number of aryl methyl sites for hydroxylation is 1. The van der Waals surface area contributed by atoms with Gasteiger partial charge in [0.2, 0.25) is 5.95 Å². The highest BCUT2D eigenvalue weighted by Gasteiger charge is 2.23. The van der Waals surface area contributed by atoms with Crippen molar-refractivity contribution in [3.8, 4) is 0 Å². The minimum atomic E-state index is 0.263. The molecule has 1 atom stereocenters. The molecule has 88 valence electrons. The molecule has 1 aromatic heterocycles. The first-order valence-electron chi connectivity index (χ1n) is 5.62. The number of anilines is 2. The summed E-state index contributed by atoms with van der Waals surface area (Å²) in [5.74, 6) is 1.99. The van der Waals surface area contributed by atoms with E-state index >= 15 is 0 Å². The summed E-state index contributed by atoms with van der Waals surface area (Å²) in [4.78, 5) is 10.9. The smallest absolute Gasteiger partial charge is 0.224 e. The molecule has 1 fully saturated rings. The Hall–Kier alpha value is -1.36. The first-order chi connectivity index (χ1) is 7.72. The highest BCUT2D eigenvalue weighted by atomic mass is 16.3. The first-order valence-corrected chi connectivity index (χ1v) is 5.62. The summed E-state index contributed by atoms with van der Waals surface area (Å²) < 4.78 is 0. The topological polar surface area (TPSA) is 61.3 Å². The maximum Gasteiger partial charge on any atom is 0.224 e. The van der Waals surface area contributed by atoms with E-state index in [9.17, 15) is 0 Å². The van der Waals surface area contributed by atoms with E-state index in [2.05, 4.69) is 20.2 Å². The lowest BCUT2D eigenvalue weighted by atomic mass is 10.1. The lowest BCUT2D eigenvalue weighted by Gasteiger charge is -2.18. The first kappa shape index (κ1) is 11.1. The number of hydrogen-bond donors (Lipinski definition) is 2. The minimum absolute atomic E-state index is 0.263. The fourth-order valence-corrected chi connectivity index (χ4v) is 2.02. The van der Waals surface area contributed by atoms with Crippen LogP contribution in [0.15, 0.2) is 6.07 Å². The molecular formula is C11H18N4O. The molecule has 1 saturated heterocycles. The molecule has 0 radical (unpaired) electrons. The van der Waals surface area contributed by atoms with Crippen LogP contribution in [-0.4, -0.2) is 41.8 Å². The Kier molecular flexibility index (Phi) is 3.24. The number of nitrogens with zero attached hydrogens (tertiary/aromatic N) is 3. The van der Waals surface area contributed by atoms with Crippen molar-refractivity contribution in [3.63, 3.8) is 0 Å². The molecule has 2 rings (SSSR count). The van der Waals surface area contributed by atoms with Crippen molar-refractivity contribution in [1.29, 1.82) is 0 Å². The minimum Gasteiger partial charge on any atom is -0.396 e.